The Balaban J connectivity index is 1.78. The van der Waals surface area contributed by atoms with Gasteiger partial charge in [-0.25, -0.2) is 9.97 Å². The number of carbonyl (C=O) groups is 1. The molecule has 0 aliphatic carbocycles. The summed E-state index contributed by atoms with van der Waals surface area (Å²) in [5.74, 6) is 1.08. The van der Waals surface area contributed by atoms with Gasteiger partial charge in [-0.05, 0) is 24.6 Å². The molecule has 21 heavy (non-hydrogen) atoms. The first kappa shape index (κ1) is 13.3. The number of benzene rings is 1. The smallest absolute Gasteiger partial charge is 0.295 e. The van der Waals surface area contributed by atoms with E-state index < -0.39 is 0 Å². The van der Waals surface area contributed by atoms with E-state index in [4.69, 9.17) is 4.42 Å². The largest absolute Gasteiger partial charge is 0.441 e. The summed E-state index contributed by atoms with van der Waals surface area (Å²) in [6, 6.07) is 5.28. The van der Waals surface area contributed by atoms with Gasteiger partial charge < -0.3 is 9.73 Å². The van der Waals surface area contributed by atoms with Crippen LogP contribution in [0, 0.1) is 6.92 Å². The van der Waals surface area contributed by atoms with Gasteiger partial charge in [0.05, 0.1) is 0 Å². The number of nitrogens with zero attached hydrogens (tertiary/aromatic N) is 3. The van der Waals surface area contributed by atoms with Crippen molar-refractivity contribution in [2.45, 2.75) is 26.7 Å². The molecular weight excluding hydrogens is 270 g/mol. The van der Waals surface area contributed by atoms with Crippen LogP contribution in [0.4, 0.5) is 5.69 Å². The van der Waals surface area contributed by atoms with Crippen LogP contribution in [0.2, 0.25) is 0 Å². The standard InChI is InChI=1S/C14H15N5O2/c1-3-4-12-17-13(19-18-12)14(20)16-9-5-6-11-10(7-9)15-8(2)21-11/h5-7H,3-4H2,1-2H3,(H,16,20)(H,17,18,19). The fourth-order valence-corrected chi connectivity index (χ4v) is 2.05. The number of nitrogens with one attached hydrogen (secondary N) is 2. The minimum atomic E-state index is -0.354. The Morgan fingerprint density at radius 2 is 2.24 bits per heavy atom. The van der Waals surface area contributed by atoms with Crippen LogP contribution in [-0.2, 0) is 6.42 Å². The lowest BCUT2D eigenvalue weighted by molar-refractivity contribution is 0.101. The van der Waals surface area contributed by atoms with Crippen LogP contribution in [0.1, 0.15) is 35.7 Å². The maximum Gasteiger partial charge on any atom is 0.295 e. The van der Waals surface area contributed by atoms with Gasteiger partial charge in [0.25, 0.3) is 5.91 Å². The molecule has 0 aliphatic heterocycles. The normalized spacial score (nSPS) is 11.0. The molecule has 2 heterocycles. The third kappa shape index (κ3) is 2.76. The molecule has 2 N–H and O–H groups in total. The Morgan fingerprint density at radius 3 is 3.05 bits per heavy atom. The van der Waals surface area contributed by atoms with Gasteiger partial charge >= 0.3 is 0 Å². The van der Waals surface area contributed by atoms with Crippen molar-refractivity contribution < 1.29 is 9.21 Å². The second kappa shape index (κ2) is 5.35. The highest BCUT2D eigenvalue weighted by Gasteiger charge is 2.13. The molecule has 108 valence electrons. The van der Waals surface area contributed by atoms with Crippen LogP contribution < -0.4 is 5.32 Å². The highest BCUT2D eigenvalue weighted by molar-refractivity contribution is 6.02. The van der Waals surface area contributed by atoms with Crippen molar-refractivity contribution in [2.75, 3.05) is 5.32 Å². The average Bonchev–Trinajstić information content (AvgIpc) is 3.04. The molecule has 0 saturated heterocycles. The molecule has 3 rings (SSSR count). The number of anilines is 1. The van der Waals surface area contributed by atoms with E-state index in [1.807, 2.05) is 6.92 Å². The van der Waals surface area contributed by atoms with E-state index in [-0.39, 0.29) is 11.7 Å². The second-order valence-corrected chi connectivity index (χ2v) is 4.73. The summed E-state index contributed by atoms with van der Waals surface area (Å²) in [6.07, 6.45) is 1.71. The van der Waals surface area contributed by atoms with Gasteiger partial charge in [0.2, 0.25) is 5.82 Å². The van der Waals surface area contributed by atoms with Crippen LogP contribution >= 0.6 is 0 Å². The third-order valence-electron chi connectivity index (χ3n) is 2.97. The van der Waals surface area contributed by atoms with E-state index in [1.165, 1.54) is 0 Å². The number of hydrogen-bond donors (Lipinski definition) is 2. The highest BCUT2D eigenvalue weighted by Crippen LogP contribution is 2.19. The predicted molar refractivity (Wildman–Crippen MR) is 77.1 cm³/mol. The first-order chi connectivity index (χ1) is 10.2. The third-order valence-corrected chi connectivity index (χ3v) is 2.97. The molecule has 7 heteroatoms. The summed E-state index contributed by atoms with van der Waals surface area (Å²) < 4.78 is 5.39. The van der Waals surface area contributed by atoms with E-state index in [2.05, 4.69) is 25.5 Å². The van der Waals surface area contributed by atoms with Gasteiger partial charge in [-0.1, -0.05) is 6.92 Å². The van der Waals surface area contributed by atoms with Crippen LogP contribution in [0.3, 0.4) is 0 Å². The van der Waals surface area contributed by atoms with E-state index in [0.717, 1.165) is 12.8 Å². The topological polar surface area (TPSA) is 96.7 Å². The molecule has 1 aromatic carbocycles. The number of rotatable bonds is 4. The molecule has 0 fully saturated rings. The molecule has 0 spiro atoms. The minimum Gasteiger partial charge on any atom is -0.441 e. The van der Waals surface area contributed by atoms with Gasteiger partial charge in [-0.2, -0.15) is 0 Å². The van der Waals surface area contributed by atoms with Gasteiger partial charge in [0.15, 0.2) is 11.5 Å². The lowest BCUT2D eigenvalue weighted by atomic mass is 10.3. The van der Waals surface area contributed by atoms with Crippen molar-refractivity contribution in [3.05, 3.63) is 35.7 Å². The number of H-pyrrole nitrogens is 1. The minimum absolute atomic E-state index is 0.134. The molecule has 1 amide bonds. The number of aromatic amines is 1. The highest BCUT2D eigenvalue weighted by atomic mass is 16.3. The van der Waals surface area contributed by atoms with Crippen LogP contribution in [0.15, 0.2) is 22.6 Å². The first-order valence-corrected chi connectivity index (χ1v) is 6.75. The molecular formula is C14H15N5O2. The van der Waals surface area contributed by atoms with Crippen LogP contribution in [0.5, 0.6) is 0 Å². The van der Waals surface area contributed by atoms with Crippen molar-refractivity contribution in [1.82, 2.24) is 20.2 Å². The number of amides is 1. The molecule has 0 atom stereocenters. The zero-order valence-corrected chi connectivity index (χ0v) is 11.8. The number of fused-ring (bicyclic) bond motifs is 1. The fourth-order valence-electron chi connectivity index (χ4n) is 2.05. The van der Waals surface area contributed by atoms with Crippen molar-refractivity contribution in [3.8, 4) is 0 Å². The predicted octanol–water partition coefficient (Wildman–Crippen LogP) is 2.46. The Labute approximate surface area is 120 Å². The molecule has 0 aliphatic rings. The quantitative estimate of drug-likeness (QED) is 0.767. The summed E-state index contributed by atoms with van der Waals surface area (Å²) in [6.45, 7) is 3.82. The molecule has 2 aromatic heterocycles. The number of hydrogen-bond acceptors (Lipinski definition) is 5. The van der Waals surface area contributed by atoms with Crippen LogP contribution in [-0.4, -0.2) is 26.1 Å². The molecule has 0 saturated carbocycles. The van der Waals surface area contributed by atoms with E-state index in [9.17, 15) is 4.79 Å². The molecule has 0 bridgehead atoms. The maximum atomic E-state index is 12.1. The van der Waals surface area contributed by atoms with Gasteiger partial charge in [0, 0.05) is 19.0 Å². The number of oxazole rings is 1. The number of carbonyl (C=O) groups excluding carboxylic acids is 1. The van der Waals surface area contributed by atoms with Crippen molar-refractivity contribution in [3.63, 3.8) is 0 Å². The lowest BCUT2D eigenvalue weighted by Crippen LogP contribution is -2.13. The summed E-state index contributed by atoms with van der Waals surface area (Å²) in [7, 11) is 0. The van der Waals surface area contributed by atoms with Gasteiger partial charge in [-0.15, -0.1) is 5.10 Å². The van der Waals surface area contributed by atoms with Gasteiger partial charge in [0.1, 0.15) is 11.3 Å². The lowest BCUT2D eigenvalue weighted by Gasteiger charge is -2.01. The Hall–Kier alpha value is -2.70. The van der Waals surface area contributed by atoms with E-state index in [1.54, 1.807) is 25.1 Å². The maximum absolute atomic E-state index is 12.1. The van der Waals surface area contributed by atoms with Gasteiger partial charge in [-0.3, -0.25) is 9.89 Å². The second-order valence-electron chi connectivity index (χ2n) is 4.73. The molecule has 0 radical (unpaired) electrons. The summed E-state index contributed by atoms with van der Waals surface area (Å²) in [4.78, 5) is 20.4. The SMILES string of the molecule is CCCc1nc(C(=O)Nc2ccc3oc(C)nc3c2)n[nH]1. The number of aryl methyl sites for hydroxylation is 2. The van der Waals surface area contributed by atoms with E-state index in [0.29, 0.717) is 28.5 Å². The van der Waals surface area contributed by atoms with Crippen molar-refractivity contribution >= 4 is 22.7 Å². The summed E-state index contributed by atoms with van der Waals surface area (Å²) in [5.41, 5.74) is 2.02. The zero-order chi connectivity index (χ0) is 14.8. The Kier molecular flexibility index (Phi) is 3.39. The molecule has 7 nitrogen and oxygen atoms in total. The average molecular weight is 285 g/mol. The first-order valence-electron chi connectivity index (χ1n) is 6.75. The van der Waals surface area contributed by atoms with Crippen molar-refractivity contribution in [1.29, 1.82) is 0 Å². The number of aromatic nitrogens is 4. The van der Waals surface area contributed by atoms with Crippen molar-refractivity contribution in [2.24, 2.45) is 0 Å². The van der Waals surface area contributed by atoms with Crippen LogP contribution in [0.25, 0.3) is 11.1 Å². The monoisotopic (exact) mass is 285 g/mol. The zero-order valence-electron chi connectivity index (χ0n) is 11.8. The molecule has 0 unspecified atom stereocenters. The Morgan fingerprint density at radius 1 is 1.38 bits per heavy atom. The molecule has 3 aromatic rings. The van der Waals surface area contributed by atoms with E-state index >= 15 is 0 Å². The fraction of sp³-hybridized carbons (Fsp3) is 0.286. The summed E-state index contributed by atoms with van der Waals surface area (Å²) >= 11 is 0. The summed E-state index contributed by atoms with van der Waals surface area (Å²) in [5, 5.41) is 9.42. The Bertz CT molecular complexity index is 790.